The van der Waals surface area contributed by atoms with Crippen molar-refractivity contribution < 1.29 is 9.90 Å². The van der Waals surface area contributed by atoms with Gasteiger partial charge in [-0.2, -0.15) is 0 Å². The topological polar surface area (TPSA) is 93.3 Å². The lowest BCUT2D eigenvalue weighted by Gasteiger charge is -2.29. The number of amides is 2. The predicted octanol–water partition coefficient (Wildman–Crippen LogP) is 3.70. The number of hydrogen-bond acceptors (Lipinski definition) is 4. The molecule has 0 aliphatic heterocycles. The third-order valence-corrected chi connectivity index (χ3v) is 5.25. The van der Waals surface area contributed by atoms with E-state index in [-0.39, 0.29) is 12.6 Å². The number of aromatic amines is 1. The van der Waals surface area contributed by atoms with Gasteiger partial charge in [-0.15, -0.1) is 0 Å². The number of para-hydroxylation sites is 1. The third-order valence-electron chi connectivity index (χ3n) is 5.02. The van der Waals surface area contributed by atoms with Crippen molar-refractivity contribution in [2.45, 2.75) is 25.9 Å². The molecule has 0 aliphatic rings. The maximum Gasteiger partial charge on any atom is 0.317 e. The van der Waals surface area contributed by atoms with Gasteiger partial charge in [-0.25, -0.2) is 9.78 Å². The van der Waals surface area contributed by atoms with Crippen LogP contribution in [0.1, 0.15) is 25.0 Å². The lowest BCUT2D eigenvalue weighted by atomic mass is 9.93. The van der Waals surface area contributed by atoms with Gasteiger partial charge in [0, 0.05) is 25.2 Å². The fourth-order valence-electron chi connectivity index (χ4n) is 3.04. The van der Waals surface area contributed by atoms with Crippen LogP contribution in [0.3, 0.4) is 0 Å². The summed E-state index contributed by atoms with van der Waals surface area (Å²) in [5, 5.41) is 16.8. The van der Waals surface area contributed by atoms with E-state index in [9.17, 15) is 9.90 Å². The SMILES string of the molecule is CCN(C)C(=O)NCc1cccc2[nH]c(NC(C)(CO)c3cccc(Cl)c3)nc12. The standard InChI is InChI=1S/C21H26ClN5O2/c1-4-27(3)20(29)23-12-14-7-5-10-17-18(14)25-19(24-17)26-21(2,13-28)15-8-6-9-16(22)11-15/h5-11,28H,4,12-13H2,1-3H3,(H,23,29)(H2,24,25,26). The highest BCUT2D eigenvalue weighted by Crippen LogP contribution is 2.28. The highest BCUT2D eigenvalue weighted by molar-refractivity contribution is 6.30. The summed E-state index contributed by atoms with van der Waals surface area (Å²) in [4.78, 5) is 21.5. The number of benzene rings is 2. The average molecular weight is 416 g/mol. The molecule has 0 saturated heterocycles. The van der Waals surface area contributed by atoms with Gasteiger partial charge in [0.25, 0.3) is 0 Å². The van der Waals surface area contributed by atoms with E-state index in [2.05, 4.69) is 20.6 Å². The smallest absolute Gasteiger partial charge is 0.317 e. The Hall–Kier alpha value is -2.77. The summed E-state index contributed by atoms with van der Waals surface area (Å²) < 4.78 is 0. The first kappa shape index (κ1) is 21.0. The molecule has 154 valence electrons. The van der Waals surface area contributed by atoms with Crippen LogP contribution in [0, 0.1) is 0 Å². The van der Waals surface area contributed by atoms with Crippen molar-refractivity contribution >= 4 is 34.6 Å². The summed E-state index contributed by atoms with van der Waals surface area (Å²) in [6.07, 6.45) is 0. The molecule has 2 aromatic carbocycles. The molecule has 0 bridgehead atoms. The van der Waals surface area contributed by atoms with Gasteiger partial charge in [0.1, 0.15) is 0 Å². The fraction of sp³-hybridized carbons (Fsp3) is 0.333. The number of rotatable bonds is 7. The minimum absolute atomic E-state index is 0.132. The van der Waals surface area contributed by atoms with E-state index < -0.39 is 5.54 Å². The molecular weight excluding hydrogens is 390 g/mol. The number of H-pyrrole nitrogens is 1. The number of nitrogens with zero attached hydrogens (tertiary/aromatic N) is 2. The van der Waals surface area contributed by atoms with Crippen molar-refractivity contribution in [1.29, 1.82) is 0 Å². The fourth-order valence-corrected chi connectivity index (χ4v) is 3.23. The van der Waals surface area contributed by atoms with Crippen molar-refractivity contribution in [2.75, 3.05) is 25.5 Å². The molecule has 3 aromatic rings. The molecule has 0 saturated carbocycles. The maximum atomic E-state index is 12.0. The Morgan fingerprint density at radius 3 is 2.76 bits per heavy atom. The summed E-state index contributed by atoms with van der Waals surface area (Å²) in [5.41, 5.74) is 2.59. The quantitative estimate of drug-likeness (QED) is 0.473. The summed E-state index contributed by atoms with van der Waals surface area (Å²) in [5.74, 6) is 0.529. The highest BCUT2D eigenvalue weighted by Gasteiger charge is 2.27. The largest absolute Gasteiger partial charge is 0.394 e. The molecule has 1 heterocycles. The average Bonchev–Trinajstić information content (AvgIpc) is 3.13. The Kier molecular flexibility index (Phi) is 6.30. The number of carbonyl (C=O) groups excluding carboxylic acids is 1. The summed E-state index contributed by atoms with van der Waals surface area (Å²) >= 11 is 6.12. The van der Waals surface area contributed by atoms with Crippen LogP contribution in [-0.2, 0) is 12.1 Å². The first-order chi connectivity index (χ1) is 13.9. The molecule has 0 fully saturated rings. The molecule has 0 radical (unpaired) electrons. The monoisotopic (exact) mass is 415 g/mol. The van der Waals surface area contributed by atoms with E-state index in [1.807, 2.05) is 50.2 Å². The Bertz CT molecular complexity index is 1010. The van der Waals surface area contributed by atoms with E-state index in [1.165, 1.54) is 0 Å². The minimum Gasteiger partial charge on any atom is -0.394 e. The number of aliphatic hydroxyl groups is 1. The first-order valence-electron chi connectivity index (χ1n) is 9.48. The van der Waals surface area contributed by atoms with Gasteiger partial charge < -0.3 is 25.6 Å². The zero-order valence-electron chi connectivity index (χ0n) is 16.8. The van der Waals surface area contributed by atoms with Gasteiger partial charge in [-0.3, -0.25) is 0 Å². The van der Waals surface area contributed by atoms with Crippen LogP contribution in [0.2, 0.25) is 5.02 Å². The zero-order valence-corrected chi connectivity index (χ0v) is 17.5. The number of aromatic nitrogens is 2. The maximum absolute atomic E-state index is 12.0. The van der Waals surface area contributed by atoms with Gasteiger partial charge in [0.15, 0.2) is 0 Å². The first-order valence-corrected chi connectivity index (χ1v) is 9.85. The minimum atomic E-state index is -0.767. The molecule has 7 nitrogen and oxygen atoms in total. The Morgan fingerprint density at radius 2 is 2.07 bits per heavy atom. The molecule has 4 N–H and O–H groups in total. The Morgan fingerprint density at radius 1 is 1.31 bits per heavy atom. The molecule has 1 unspecified atom stereocenters. The summed E-state index contributed by atoms with van der Waals surface area (Å²) in [7, 11) is 1.75. The normalized spacial score (nSPS) is 13.1. The van der Waals surface area contributed by atoms with Gasteiger partial charge in [-0.05, 0) is 43.2 Å². The van der Waals surface area contributed by atoms with Crippen LogP contribution in [0.25, 0.3) is 11.0 Å². The predicted molar refractivity (Wildman–Crippen MR) is 116 cm³/mol. The molecule has 1 aromatic heterocycles. The number of nitrogens with one attached hydrogen (secondary N) is 3. The molecule has 3 rings (SSSR count). The van der Waals surface area contributed by atoms with E-state index in [0.717, 1.165) is 22.2 Å². The van der Waals surface area contributed by atoms with E-state index in [0.29, 0.717) is 24.1 Å². The summed E-state index contributed by atoms with van der Waals surface area (Å²) in [6, 6.07) is 13.0. The number of imidazole rings is 1. The van der Waals surface area contributed by atoms with Crippen LogP contribution in [0.5, 0.6) is 0 Å². The molecule has 8 heteroatoms. The van der Waals surface area contributed by atoms with Gasteiger partial charge in [0.2, 0.25) is 5.95 Å². The number of carbonyl (C=O) groups is 1. The van der Waals surface area contributed by atoms with Crippen LogP contribution in [-0.4, -0.2) is 46.2 Å². The molecule has 0 spiro atoms. The van der Waals surface area contributed by atoms with E-state index >= 15 is 0 Å². The van der Waals surface area contributed by atoms with Gasteiger partial charge in [-0.1, -0.05) is 35.9 Å². The van der Waals surface area contributed by atoms with Crippen LogP contribution in [0.4, 0.5) is 10.7 Å². The van der Waals surface area contributed by atoms with Crippen molar-refractivity contribution in [2.24, 2.45) is 0 Å². The van der Waals surface area contributed by atoms with E-state index in [1.54, 1.807) is 18.0 Å². The second-order valence-corrected chi connectivity index (χ2v) is 7.63. The zero-order chi connectivity index (χ0) is 21.0. The molecule has 0 aliphatic carbocycles. The number of anilines is 1. The van der Waals surface area contributed by atoms with Crippen LogP contribution >= 0.6 is 11.6 Å². The summed E-state index contributed by atoms with van der Waals surface area (Å²) in [6.45, 7) is 4.67. The Labute approximate surface area is 175 Å². The van der Waals surface area contributed by atoms with Crippen LogP contribution < -0.4 is 10.6 Å². The number of hydrogen-bond donors (Lipinski definition) is 4. The van der Waals surface area contributed by atoms with Crippen molar-refractivity contribution in [3.63, 3.8) is 0 Å². The number of halogens is 1. The number of fused-ring (bicyclic) bond motifs is 1. The number of urea groups is 1. The lowest BCUT2D eigenvalue weighted by molar-refractivity contribution is 0.210. The third kappa shape index (κ3) is 4.63. The lowest BCUT2D eigenvalue weighted by Crippen LogP contribution is -2.36. The molecule has 2 amide bonds. The molecule has 1 atom stereocenters. The molecular formula is C21H26ClN5O2. The second kappa shape index (κ2) is 8.71. The van der Waals surface area contributed by atoms with Crippen LogP contribution in [0.15, 0.2) is 42.5 Å². The van der Waals surface area contributed by atoms with Gasteiger partial charge >= 0.3 is 6.03 Å². The number of aliphatic hydroxyl groups excluding tert-OH is 1. The Balaban J connectivity index is 1.85. The van der Waals surface area contributed by atoms with Crippen molar-refractivity contribution in [1.82, 2.24) is 20.2 Å². The van der Waals surface area contributed by atoms with Crippen molar-refractivity contribution in [3.05, 3.63) is 58.6 Å². The van der Waals surface area contributed by atoms with Gasteiger partial charge in [0.05, 0.1) is 23.2 Å². The van der Waals surface area contributed by atoms with Crippen molar-refractivity contribution in [3.8, 4) is 0 Å². The highest BCUT2D eigenvalue weighted by atomic mass is 35.5. The molecule has 29 heavy (non-hydrogen) atoms. The second-order valence-electron chi connectivity index (χ2n) is 7.20. The van der Waals surface area contributed by atoms with E-state index in [4.69, 9.17) is 11.6 Å².